The highest BCUT2D eigenvalue weighted by atomic mass is 32.2. The van der Waals surface area contributed by atoms with Crippen molar-refractivity contribution in [3.05, 3.63) is 46.8 Å². The van der Waals surface area contributed by atoms with E-state index in [4.69, 9.17) is 5.84 Å². The van der Waals surface area contributed by atoms with E-state index in [1.807, 2.05) is 56.9 Å². The average Bonchev–Trinajstić information content (AvgIpc) is 3.35. The van der Waals surface area contributed by atoms with Crippen LogP contribution in [-0.4, -0.2) is 84.7 Å². The molecule has 0 unspecified atom stereocenters. The smallest absolute Gasteiger partial charge is 0.271 e. The van der Waals surface area contributed by atoms with Crippen LogP contribution in [0.2, 0.25) is 0 Å². The van der Waals surface area contributed by atoms with E-state index < -0.39 is 0 Å². The molecule has 1 aliphatic heterocycles. The third-order valence-corrected chi connectivity index (χ3v) is 6.94. The van der Waals surface area contributed by atoms with Gasteiger partial charge < -0.3 is 16.1 Å². The molecule has 0 bridgehead atoms. The van der Waals surface area contributed by atoms with Gasteiger partial charge in [0.05, 0.1) is 18.0 Å². The van der Waals surface area contributed by atoms with E-state index >= 15 is 0 Å². The maximum Gasteiger partial charge on any atom is 0.271 e. The number of aromatic nitrogens is 5. The first-order valence-corrected chi connectivity index (χ1v) is 12.4. The zero-order valence-electron chi connectivity index (χ0n) is 20.5. The zero-order valence-corrected chi connectivity index (χ0v) is 21.3. The third kappa shape index (κ3) is 5.65. The molecule has 11 nitrogen and oxygen atoms in total. The predicted octanol–water partition coefficient (Wildman–Crippen LogP) is 1.29. The van der Waals surface area contributed by atoms with Gasteiger partial charge in [-0.1, -0.05) is 30.0 Å². The average molecular weight is 498 g/mol. The van der Waals surface area contributed by atoms with Crippen LogP contribution in [0, 0.1) is 27.7 Å². The summed E-state index contributed by atoms with van der Waals surface area (Å²) in [7, 11) is 0. The number of benzene rings is 1. The van der Waals surface area contributed by atoms with Crippen LogP contribution >= 0.6 is 11.8 Å². The lowest BCUT2D eigenvalue weighted by molar-refractivity contribution is -0.130. The Hall–Kier alpha value is -3.38. The number of nitrogens with one attached hydrogen (secondary N) is 1. The molecule has 1 aromatic carbocycles. The second-order valence-corrected chi connectivity index (χ2v) is 9.69. The van der Waals surface area contributed by atoms with Crippen molar-refractivity contribution in [1.29, 1.82) is 0 Å². The Labute approximate surface area is 208 Å². The highest BCUT2D eigenvalue weighted by Crippen LogP contribution is 2.20. The molecule has 12 heteroatoms. The van der Waals surface area contributed by atoms with Crippen molar-refractivity contribution >= 4 is 29.3 Å². The lowest BCUT2D eigenvalue weighted by atomic mass is 10.1. The van der Waals surface area contributed by atoms with Gasteiger partial charge in [0.1, 0.15) is 0 Å². The maximum atomic E-state index is 12.8. The fourth-order valence-electron chi connectivity index (χ4n) is 4.11. The number of anilines is 1. The summed E-state index contributed by atoms with van der Waals surface area (Å²) in [6, 6.07) is 7.88. The Morgan fingerprint density at radius 2 is 1.74 bits per heavy atom. The molecule has 1 aliphatic rings. The molecule has 0 radical (unpaired) electrons. The Morgan fingerprint density at radius 1 is 1.06 bits per heavy atom. The summed E-state index contributed by atoms with van der Waals surface area (Å²) < 4.78 is 2.98. The molecular weight excluding hydrogens is 466 g/mol. The van der Waals surface area contributed by atoms with E-state index in [2.05, 4.69) is 25.5 Å². The number of amides is 2. The van der Waals surface area contributed by atoms with Crippen molar-refractivity contribution in [3.63, 3.8) is 0 Å². The molecular formula is C23H31N9O2S. The van der Waals surface area contributed by atoms with E-state index in [0.29, 0.717) is 43.8 Å². The van der Waals surface area contributed by atoms with Crippen LogP contribution in [0.1, 0.15) is 22.5 Å². The van der Waals surface area contributed by atoms with Gasteiger partial charge >= 0.3 is 0 Å². The molecule has 3 heterocycles. The number of hydrogen-bond donors (Lipinski definition) is 2. The molecule has 3 N–H and O–H groups in total. The van der Waals surface area contributed by atoms with Crippen LogP contribution in [0.15, 0.2) is 29.4 Å². The van der Waals surface area contributed by atoms with Crippen LogP contribution in [0.3, 0.4) is 0 Å². The number of nitrogens with zero attached hydrogens (tertiary/aromatic N) is 7. The summed E-state index contributed by atoms with van der Waals surface area (Å²) in [5, 5.41) is 16.1. The number of hydrogen-bond acceptors (Lipinski definition) is 8. The van der Waals surface area contributed by atoms with Gasteiger partial charge in [0.15, 0.2) is 0 Å². The van der Waals surface area contributed by atoms with E-state index in [1.165, 1.54) is 16.4 Å². The van der Waals surface area contributed by atoms with Crippen molar-refractivity contribution in [2.75, 3.05) is 49.6 Å². The Bertz CT molecular complexity index is 1210. The first-order valence-electron chi connectivity index (χ1n) is 11.5. The molecule has 2 amide bonds. The summed E-state index contributed by atoms with van der Waals surface area (Å²) >= 11 is 1.25. The number of nitrogens with two attached hydrogens (primary N) is 1. The van der Waals surface area contributed by atoms with Crippen LogP contribution in [0.25, 0.3) is 5.95 Å². The van der Waals surface area contributed by atoms with Gasteiger partial charge in [-0.05, 0) is 44.9 Å². The first kappa shape index (κ1) is 24.7. The highest BCUT2D eigenvalue weighted by Gasteiger charge is 2.24. The lowest BCUT2D eigenvalue weighted by Gasteiger charge is -2.34. The van der Waals surface area contributed by atoms with Crippen molar-refractivity contribution in [3.8, 4) is 5.95 Å². The minimum Gasteiger partial charge on any atom is -0.339 e. The van der Waals surface area contributed by atoms with Gasteiger partial charge in [0.25, 0.3) is 5.95 Å². The number of carbonyl (C=O) groups is 2. The van der Waals surface area contributed by atoms with Gasteiger partial charge in [-0.15, -0.1) is 10.2 Å². The monoisotopic (exact) mass is 497 g/mol. The SMILES string of the molecule is Cc1cc(C)n(-c2nnc(SCC(=O)N3CCN(CC(=O)Nc4c(C)cccc4C)CC3)n2N)n1. The van der Waals surface area contributed by atoms with Crippen molar-refractivity contribution in [1.82, 2.24) is 34.5 Å². The minimum absolute atomic E-state index is 0.00491. The van der Waals surface area contributed by atoms with Gasteiger partial charge in [-0.2, -0.15) is 5.10 Å². The molecule has 1 fully saturated rings. The van der Waals surface area contributed by atoms with E-state index in [9.17, 15) is 9.59 Å². The number of thioether (sulfide) groups is 1. The molecule has 35 heavy (non-hydrogen) atoms. The number of carbonyl (C=O) groups excluding carboxylic acids is 2. The zero-order chi connectivity index (χ0) is 25.1. The number of para-hydroxylation sites is 1. The quantitative estimate of drug-likeness (QED) is 0.369. The topological polar surface area (TPSA) is 127 Å². The number of nitrogen functional groups attached to an aromatic ring is 1. The van der Waals surface area contributed by atoms with Crippen molar-refractivity contribution < 1.29 is 9.59 Å². The summed E-state index contributed by atoms with van der Waals surface area (Å²) in [5.74, 6) is 6.73. The van der Waals surface area contributed by atoms with Gasteiger partial charge in [0, 0.05) is 37.6 Å². The van der Waals surface area contributed by atoms with E-state index in [0.717, 1.165) is 28.2 Å². The molecule has 0 saturated carbocycles. The summed E-state index contributed by atoms with van der Waals surface area (Å²) in [6.45, 7) is 10.5. The standard InChI is InChI=1S/C23H31N9O2S/c1-15-6-5-7-16(2)21(15)25-19(33)13-29-8-10-30(11-9-29)20(34)14-35-23-27-26-22(31(23)24)32-18(4)12-17(3)28-32/h5-7,12H,8-11,13-14,24H2,1-4H3,(H,25,33). The second-order valence-electron chi connectivity index (χ2n) is 8.75. The molecule has 0 atom stereocenters. The van der Waals surface area contributed by atoms with E-state index in [-0.39, 0.29) is 17.6 Å². The van der Waals surface area contributed by atoms with Crippen LogP contribution in [0.4, 0.5) is 5.69 Å². The molecule has 0 aliphatic carbocycles. The van der Waals surface area contributed by atoms with E-state index in [1.54, 1.807) is 4.68 Å². The van der Waals surface area contributed by atoms with Crippen molar-refractivity contribution in [2.45, 2.75) is 32.9 Å². The number of aryl methyl sites for hydroxylation is 4. The fourth-order valence-corrected chi connectivity index (χ4v) is 4.86. The fraction of sp³-hybridized carbons (Fsp3) is 0.435. The highest BCUT2D eigenvalue weighted by molar-refractivity contribution is 7.99. The number of rotatable bonds is 7. The Kier molecular flexibility index (Phi) is 7.41. The second kappa shape index (κ2) is 10.5. The van der Waals surface area contributed by atoms with Gasteiger partial charge in [-0.25, -0.2) is 9.36 Å². The van der Waals surface area contributed by atoms with Crippen molar-refractivity contribution in [2.24, 2.45) is 0 Å². The Balaban J connectivity index is 1.25. The maximum absolute atomic E-state index is 12.8. The van der Waals surface area contributed by atoms with Gasteiger partial charge in [0.2, 0.25) is 17.0 Å². The van der Waals surface area contributed by atoms with Crippen LogP contribution < -0.4 is 11.2 Å². The first-order chi connectivity index (χ1) is 16.7. The molecule has 3 aromatic rings. The van der Waals surface area contributed by atoms with Crippen LogP contribution in [-0.2, 0) is 9.59 Å². The molecule has 1 saturated heterocycles. The minimum atomic E-state index is -0.0431. The summed E-state index contributed by atoms with van der Waals surface area (Å²) in [4.78, 5) is 29.2. The Morgan fingerprint density at radius 3 is 2.37 bits per heavy atom. The summed E-state index contributed by atoms with van der Waals surface area (Å²) in [5.41, 5.74) is 4.71. The van der Waals surface area contributed by atoms with Crippen LogP contribution in [0.5, 0.6) is 0 Å². The molecule has 4 rings (SSSR count). The van der Waals surface area contributed by atoms with Gasteiger partial charge in [-0.3, -0.25) is 14.5 Å². The lowest BCUT2D eigenvalue weighted by Crippen LogP contribution is -2.51. The summed E-state index contributed by atoms with van der Waals surface area (Å²) in [6.07, 6.45) is 0. The molecule has 186 valence electrons. The molecule has 0 spiro atoms. The molecule has 2 aromatic heterocycles. The number of piperazine rings is 1. The normalized spacial score (nSPS) is 14.3. The third-order valence-electron chi connectivity index (χ3n) is 6.01. The largest absolute Gasteiger partial charge is 0.339 e. The predicted molar refractivity (Wildman–Crippen MR) is 135 cm³/mol.